The SMILES string of the molecule is C=CCn1nc(-c2ccc(Cl)cc2Cl)c2nc(Nc3ccc(N4CCN(C)CC4)cc3)ncc2c1=O. The van der Waals surface area contributed by atoms with Crippen molar-refractivity contribution in [2.24, 2.45) is 0 Å². The molecule has 1 saturated heterocycles. The molecule has 0 bridgehead atoms. The lowest BCUT2D eigenvalue weighted by Crippen LogP contribution is -2.44. The molecule has 36 heavy (non-hydrogen) atoms. The predicted octanol–water partition coefficient (Wildman–Crippen LogP) is 4.84. The second-order valence-electron chi connectivity index (χ2n) is 8.67. The maximum Gasteiger partial charge on any atom is 0.278 e. The summed E-state index contributed by atoms with van der Waals surface area (Å²) in [6.07, 6.45) is 3.12. The number of likely N-dealkylation sites (N-methyl/N-ethyl adjacent to an activating group) is 1. The van der Waals surface area contributed by atoms with Crippen molar-refractivity contribution in [2.75, 3.05) is 43.4 Å². The van der Waals surface area contributed by atoms with Crippen molar-refractivity contribution in [3.8, 4) is 11.3 Å². The molecule has 5 rings (SSSR count). The van der Waals surface area contributed by atoms with Crippen molar-refractivity contribution in [3.05, 3.63) is 81.7 Å². The third kappa shape index (κ3) is 4.93. The number of aromatic nitrogens is 4. The summed E-state index contributed by atoms with van der Waals surface area (Å²) in [6, 6.07) is 13.3. The Labute approximate surface area is 218 Å². The van der Waals surface area contributed by atoms with Crippen LogP contribution < -0.4 is 15.8 Å². The normalized spacial score (nSPS) is 14.2. The van der Waals surface area contributed by atoms with Crippen LogP contribution in [-0.4, -0.2) is 57.9 Å². The summed E-state index contributed by atoms with van der Waals surface area (Å²) in [7, 11) is 2.14. The third-order valence-corrected chi connectivity index (χ3v) is 6.73. The number of benzene rings is 2. The zero-order valence-corrected chi connectivity index (χ0v) is 21.3. The number of nitrogens with zero attached hydrogens (tertiary/aromatic N) is 6. The first-order valence-electron chi connectivity index (χ1n) is 11.6. The molecule has 2 aromatic carbocycles. The minimum Gasteiger partial charge on any atom is -0.369 e. The van der Waals surface area contributed by atoms with Crippen LogP contribution in [0.1, 0.15) is 0 Å². The molecule has 1 N–H and O–H groups in total. The van der Waals surface area contributed by atoms with Gasteiger partial charge in [-0.3, -0.25) is 4.79 Å². The molecule has 0 atom stereocenters. The Bertz CT molecular complexity index is 1480. The van der Waals surface area contributed by atoms with Gasteiger partial charge >= 0.3 is 0 Å². The molecule has 10 heteroatoms. The lowest BCUT2D eigenvalue weighted by molar-refractivity contribution is 0.313. The molecule has 0 spiro atoms. The highest BCUT2D eigenvalue weighted by molar-refractivity contribution is 6.36. The van der Waals surface area contributed by atoms with Crippen molar-refractivity contribution >= 4 is 51.4 Å². The van der Waals surface area contributed by atoms with Crippen molar-refractivity contribution in [2.45, 2.75) is 6.54 Å². The Morgan fingerprint density at radius 2 is 1.83 bits per heavy atom. The summed E-state index contributed by atoms with van der Waals surface area (Å²) in [5, 5.41) is 9.04. The van der Waals surface area contributed by atoms with E-state index < -0.39 is 0 Å². The summed E-state index contributed by atoms with van der Waals surface area (Å²) in [6.45, 7) is 8.07. The highest BCUT2D eigenvalue weighted by Gasteiger charge is 2.18. The van der Waals surface area contributed by atoms with Crippen molar-refractivity contribution in [1.82, 2.24) is 24.6 Å². The van der Waals surface area contributed by atoms with Gasteiger partial charge in [0, 0.05) is 54.3 Å². The first-order chi connectivity index (χ1) is 17.4. The largest absolute Gasteiger partial charge is 0.369 e. The first-order valence-corrected chi connectivity index (χ1v) is 12.3. The molecule has 0 radical (unpaired) electrons. The van der Waals surface area contributed by atoms with E-state index >= 15 is 0 Å². The van der Waals surface area contributed by atoms with E-state index in [0.29, 0.717) is 38.2 Å². The molecule has 0 amide bonds. The van der Waals surface area contributed by atoms with E-state index in [0.717, 1.165) is 31.9 Å². The lowest BCUT2D eigenvalue weighted by Gasteiger charge is -2.34. The molecular weight excluding hydrogens is 497 g/mol. The van der Waals surface area contributed by atoms with Crippen LogP contribution in [0.2, 0.25) is 10.0 Å². The molecule has 0 unspecified atom stereocenters. The molecule has 1 aliphatic rings. The van der Waals surface area contributed by atoms with E-state index in [1.165, 1.54) is 16.6 Å². The number of anilines is 3. The maximum atomic E-state index is 13.0. The van der Waals surface area contributed by atoms with Crippen molar-refractivity contribution in [1.29, 1.82) is 0 Å². The summed E-state index contributed by atoms with van der Waals surface area (Å²) < 4.78 is 1.32. The van der Waals surface area contributed by atoms with E-state index in [4.69, 9.17) is 23.2 Å². The predicted molar refractivity (Wildman–Crippen MR) is 147 cm³/mol. The number of allylic oxidation sites excluding steroid dienone is 1. The Hall–Kier alpha value is -3.46. The van der Waals surface area contributed by atoms with Gasteiger partial charge in [0.1, 0.15) is 11.2 Å². The molecular formula is C26H25Cl2N7O. The van der Waals surface area contributed by atoms with Gasteiger partial charge in [0.25, 0.3) is 5.56 Å². The van der Waals surface area contributed by atoms with Crippen LogP contribution in [-0.2, 0) is 6.54 Å². The molecule has 8 nitrogen and oxygen atoms in total. The fourth-order valence-electron chi connectivity index (χ4n) is 4.19. The van der Waals surface area contributed by atoms with Gasteiger partial charge in [-0.2, -0.15) is 5.10 Å². The van der Waals surface area contributed by atoms with Crippen molar-refractivity contribution in [3.63, 3.8) is 0 Å². The number of fused-ring (bicyclic) bond motifs is 1. The average Bonchev–Trinajstić information content (AvgIpc) is 2.87. The molecule has 4 aromatic rings. The fraction of sp³-hybridized carbons (Fsp3) is 0.231. The zero-order chi connectivity index (χ0) is 25.2. The summed E-state index contributed by atoms with van der Waals surface area (Å²) >= 11 is 12.6. The Morgan fingerprint density at radius 1 is 1.08 bits per heavy atom. The Balaban J connectivity index is 1.50. The van der Waals surface area contributed by atoms with Crippen LogP contribution in [0.25, 0.3) is 22.2 Å². The minimum atomic E-state index is -0.304. The molecule has 0 saturated carbocycles. The number of hydrogen-bond acceptors (Lipinski definition) is 7. The van der Waals surface area contributed by atoms with E-state index in [2.05, 4.69) is 55.9 Å². The standard InChI is InChI=1S/C26H25Cl2N7O/c1-3-10-35-25(36)21-16-29-26(31-23(21)24(32-35)20-9-4-17(27)15-22(20)28)30-18-5-7-19(8-6-18)34-13-11-33(2)12-14-34/h3-9,15-16H,1,10-14H2,2H3,(H,29,30,31). The molecule has 1 aliphatic heterocycles. The monoisotopic (exact) mass is 521 g/mol. The number of hydrogen-bond donors (Lipinski definition) is 1. The van der Waals surface area contributed by atoms with Crippen LogP contribution >= 0.6 is 23.2 Å². The number of halogens is 2. The highest BCUT2D eigenvalue weighted by Crippen LogP contribution is 2.32. The molecule has 0 aliphatic carbocycles. The first kappa shape index (κ1) is 24.2. The smallest absolute Gasteiger partial charge is 0.278 e. The minimum absolute atomic E-state index is 0.243. The number of piperazine rings is 1. The van der Waals surface area contributed by atoms with Crippen LogP contribution in [0.15, 0.2) is 66.1 Å². The topological polar surface area (TPSA) is 79.2 Å². The average molecular weight is 522 g/mol. The van der Waals surface area contributed by atoms with Gasteiger partial charge in [0.2, 0.25) is 5.95 Å². The van der Waals surface area contributed by atoms with Crippen molar-refractivity contribution < 1.29 is 0 Å². The fourth-order valence-corrected chi connectivity index (χ4v) is 4.69. The van der Waals surface area contributed by atoms with E-state index in [1.54, 1.807) is 24.3 Å². The third-order valence-electron chi connectivity index (χ3n) is 6.18. The Morgan fingerprint density at radius 3 is 2.53 bits per heavy atom. The summed E-state index contributed by atoms with van der Waals surface area (Å²) in [5.41, 5.74) is 3.19. The highest BCUT2D eigenvalue weighted by atomic mass is 35.5. The Kier molecular flexibility index (Phi) is 6.91. The molecule has 1 fully saturated rings. The van der Waals surface area contributed by atoms with E-state index in [1.807, 2.05) is 12.1 Å². The number of nitrogens with one attached hydrogen (secondary N) is 1. The van der Waals surface area contributed by atoms with E-state index in [9.17, 15) is 4.79 Å². The van der Waals surface area contributed by atoms with Gasteiger partial charge in [-0.15, -0.1) is 6.58 Å². The van der Waals surface area contributed by atoms with Gasteiger partial charge in [0.15, 0.2) is 0 Å². The van der Waals surface area contributed by atoms with E-state index in [-0.39, 0.29) is 12.1 Å². The lowest BCUT2D eigenvalue weighted by atomic mass is 10.1. The molecule has 2 aromatic heterocycles. The maximum absolute atomic E-state index is 13.0. The van der Waals surface area contributed by atoms with Crippen LogP contribution in [0.4, 0.5) is 17.3 Å². The molecule has 184 valence electrons. The van der Waals surface area contributed by atoms with Crippen LogP contribution in [0.3, 0.4) is 0 Å². The van der Waals surface area contributed by atoms with Gasteiger partial charge in [0.05, 0.1) is 17.0 Å². The summed E-state index contributed by atoms with van der Waals surface area (Å²) in [5.74, 6) is 0.351. The van der Waals surface area contributed by atoms with Crippen LogP contribution in [0.5, 0.6) is 0 Å². The van der Waals surface area contributed by atoms with Gasteiger partial charge in [-0.1, -0.05) is 29.3 Å². The van der Waals surface area contributed by atoms with Gasteiger partial charge in [-0.05, 0) is 49.5 Å². The second kappa shape index (κ2) is 10.3. The summed E-state index contributed by atoms with van der Waals surface area (Å²) in [4.78, 5) is 26.8. The number of rotatable bonds is 6. The quantitative estimate of drug-likeness (QED) is 0.363. The van der Waals surface area contributed by atoms with Gasteiger partial charge in [-0.25, -0.2) is 14.6 Å². The molecule has 3 heterocycles. The second-order valence-corrected chi connectivity index (χ2v) is 9.51. The van der Waals surface area contributed by atoms with Crippen LogP contribution in [0, 0.1) is 0 Å². The zero-order valence-electron chi connectivity index (χ0n) is 19.8. The van der Waals surface area contributed by atoms with Gasteiger partial charge < -0.3 is 15.1 Å².